The predicted molar refractivity (Wildman–Crippen MR) is 73.0 cm³/mol. The number of amides is 1. The first-order valence-corrected chi connectivity index (χ1v) is 5.92. The van der Waals surface area contributed by atoms with E-state index in [1.807, 2.05) is 18.2 Å². The van der Waals surface area contributed by atoms with E-state index in [0.717, 1.165) is 22.4 Å². The topological polar surface area (TPSA) is 37.6 Å². The Morgan fingerprint density at radius 1 is 1.42 bits per heavy atom. The number of fused-ring (bicyclic) bond motifs is 1. The number of carbonyl (C=O) groups is 1. The van der Waals surface area contributed by atoms with E-state index in [1.165, 1.54) is 0 Å². The standard InChI is InChI=1S/C15H11N3O/c1-16-13-8-14-11(7-15(19)18(14)2)6-12(13)10-4-3-5-17-9-10/h3-6,8-9H,7H2,2H3. The molecule has 0 atom stereocenters. The van der Waals surface area contributed by atoms with Gasteiger partial charge in [-0.2, -0.15) is 0 Å². The van der Waals surface area contributed by atoms with Crippen LogP contribution < -0.4 is 4.90 Å². The summed E-state index contributed by atoms with van der Waals surface area (Å²) in [5.74, 6) is 0.0641. The van der Waals surface area contributed by atoms with Crippen LogP contribution in [0, 0.1) is 6.57 Å². The van der Waals surface area contributed by atoms with Crippen LogP contribution in [0.1, 0.15) is 5.56 Å². The first-order chi connectivity index (χ1) is 9.20. The van der Waals surface area contributed by atoms with Gasteiger partial charge >= 0.3 is 0 Å². The lowest BCUT2D eigenvalue weighted by molar-refractivity contribution is -0.117. The van der Waals surface area contributed by atoms with E-state index < -0.39 is 0 Å². The van der Waals surface area contributed by atoms with Crippen molar-refractivity contribution in [3.63, 3.8) is 0 Å². The summed E-state index contributed by atoms with van der Waals surface area (Å²) in [6, 6.07) is 7.48. The highest BCUT2D eigenvalue weighted by Crippen LogP contribution is 2.39. The fourth-order valence-electron chi connectivity index (χ4n) is 2.34. The molecule has 0 radical (unpaired) electrons. The number of rotatable bonds is 1. The van der Waals surface area contributed by atoms with Crippen molar-refractivity contribution in [3.05, 3.63) is 53.6 Å². The minimum atomic E-state index is 0.0641. The third kappa shape index (κ3) is 1.76. The monoisotopic (exact) mass is 249 g/mol. The molecule has 0 unspecified atom stereocenters. The van der Waals surface area contributed by atoms with Gasteiger partial charge in [-0.05, 0) is 28.8 Å². The molecule has 3 rings (SSSR count). The molecule has 1 aliphatic rings. The summed E-state index contributed by atoms with van der Waals surface area (Å²) in [5, 5.41) is 0. The van der Waals surface area contributed by atoms with Gasteiger partial charge < -0.3 is 4.90 Å². The molecule has 0 bridgehead atoms. The summed E-state index contributed by atoms with van der Waals surface area (Å²) in [7, 11) is 1.74. The van der Waals surface area contributed by atoms with Crippen molar-refractivity contribution < 1.29 is 4.79 Å². The summed E-state index contributed by atoms with van der Waals surface area (Å²) in [4.78, 5) is 21.0. The molecule has 19 heavy (non-hydrogen) atoms. The Kier molecular flexibility index (Phi) is 2.53. The molecule has 2 aromatic rings. The second-order valence-corrected chi connectivity index (χ2v) is 4.48. The normalized spacial score (nSPS) is 13.3. The van der Waals surface area contributed by atoms with E-state index in [2.05, 4.69) is 9.83 Å². The number of pyridine rings is 1. The Morgan fingerprint density at radius 2 is 2.26 bits per heavy atom. The van der Waals surface area contributed by atoms with E-state index in [-0.39, 0.29) is 5.91 Å². The third-order valence-corrected chi connectivity index (χ3v) is 3.37. The van der Waals surface area contributed by atoms with E-state index >= 15 is 0 Å². The Morgan fingerprint density at radius 3 is 2.95 bits per heavy atom. The smallest absolute Gasteiger partial charge is 0.231 e. The maximum Gasteiger partial charge on any atom is 0.231 e. The van der Waals surface area contributed by atoms with Crippen LogP contribution in [-0.2, 0) is 11.2 Å². The summed E-state index contributed by atoms with van der Waals surface area (Å²) in [5.41, 5.74) is 4.10. The molecule has 1 aromatic carbocycles. The Hall–Kier alpha value is -2.67. The summed E-state index contributed by atoms with van der Waals surface area (Å²) >= 11 is 0. The molecule has 92 valence electrons. The van der Waals surface area contributed by atoms with Gasteiger partial charge in [0.1, 0.15) is 0 Å². The molecule has 4 heteroatoms. The summed E-state index contributed by atoms with van der Waals surface area (Å²) in [6.07, 6.45) is 3.83. The van der Waals surface area contributed by atoms with E-state index in [0.29, 0.717) is 12.1 Å². The van der Waals surface area contributed by atoms with Crippen molar-refractivity contribution >= 4 is 17.3 Å². The molecule has 1 aromatic heterocycles. The quantitative estimate of drug-likeness (QED) is 0.729. The van der Waals surface area contributed by atoms with Gasteiger partial charge in [0.25, 0.3) is 0 Å². The van der Waals surface area contributed by atoms with Crippen LogP contribution in [0.15, 0.2) is 36.7 Å². The number of anilines is 1. The molecule has 0 N–H and O–H groups in total. The molecule has 1 amide bonds. The number of aromatic nitrogens is 1. The van der Waals surface area contributed by atoms with Crippen molar-refractivity contribution in [1.82, 2.24) is 4.98 Å². The highest BCUT2D eigenvalue weighted by atomic mass is 16.2. The van der Waals surface area contributed by atoms with Crippen LogP contribution in [0.5, 0.6) is 0 Å². The highest BCUT2D eigenvalue weighted by Gasteiger charge is 2.25. The highest BCUT2D eigenvalue weighted by molar-refractivity contribution is 6.03. The number of hydrogen-bond donors (Lipinski definition) is 0. The fourth-order valence-corrected chi connectivity index (χ4v) is 2.34. The second kappa shape index (κ2) is 4.21. The van der Waals surface area contributed by atoms with Gasteiger partial charge in [0.2, 0.25) is 5.91 Å². The maximum atomic E-state index is 11.7. The molecule has 0 aliphatic carbocycles. The first-order valence-electron chi connectivity index (χ1n) is 5.92. The molecule has 2 heterocycles. The lowest BCUT2D eigenvalue weighted by Gasteiger charge is -2.12. The second-order valence-electron chi connectivity index (χ2n) is 4.48. The molecule has 0 fully saturated rings. The third-order valence-electron chi connectivity index (χ3n) is 3.37. The van der Waals surface area contributed by atoms with Gasteiger partial charge in [0.05, 0.1) is 13.0 Å². The summed E-state index contributed by atoms with van der Waals surface area (Å²) < 4.78 is 0. The van der Waals surface area contributed by atoms with E-state index in [9.17, 15) is 4.79 Å². The van der Waals surface area contributed by atoms with Gasteiger partial charge in [-0.25, -0.2) is 4.85 Å². The van der Waals surface area contributed by atoms with Gasteiger partial charge in [0.15, 0.2) is 5.69 Å². The Bertz CT molecular complexity index is 701. The molecular weight excluding hydrogens is 238 g/mol. The first kappa shape index (κ1) is 11.4. The minimum Gasteiger partial charge on any atom is -0.316 e. The van der Waals surface area contributed by atoms with Gasteiger partial charge in [0, 0.05) is 25.1 Å². The van der Waals surface area contributed by atoms with Crippen LogP contribution >= 0.6 is 0 Å². The SMILES string of the molecule is [C-]#[N+]c1cc2c(cc1-c1cccnc1)CC(=O)N2C. The largest absolute Gasteiger partial charge is 0.316 e. The molecule has 4 nitrogen and oxygen atoms in total. The van der Waals surface area contributed by atoms with Crippen molar-refractivity contribution in [2.24, 2.45) is 0 Å². The van der Waals surface area contributed by atoms with Gasteiger partial charge in [-0.1, -0.05) is 12.1 Å². The lowest BCUT2D eigenvalue weighted by atomic mass is 10.0. The van der Waals surface area contributed by atoms with E-state index in [4.69, 9.17) is 6.57 Å². The number of benzene rings is 1. The Balaban J connectivity index is 2.21. The minimum absolute atomic E-state index is 0.0641. The molecular formula is C15H11N3O. The zero-order valence-corrected chi connectivity index (χ0v) is 10.4. The van der Waals surface area contributed by atoms with Crippen LogP contribution in [0.4, 0.5) is 11.4 Å². The maximum absolute atomic E-state index is 11.7. The average molecular weight is 249 g/mol. The molecule has 0 spiro atoms. The zero-order valence-electron chi connectivity index (χ0n) is 10.4. The number of nitrogens with zero attached hydrogens (tertiary/aromatic N) is 3. The van der Waals surface area contributed by atoms with Crippen LogP contribution in [-0.4, -0.2) is 17.9 Å². The molecule has 1 aliphatic heterocycles. The summed E-state index contributed by atoms with van der Waals surface area (Å²) in [6.45, 7) is 7.31. The van der Waals surface area contributed by atoms with Gasteiger partial charge in [-0.3, -0.25) is 9.78 Å². The number of carbonyl (C=O) groups excluding carboxylic acids is 1. The van der Waals surface area contributed by atoms with Crippen molar-refractivity contribution in [2.75, 3.05) is 11.9 Å². The molecule has 0 saturated carbocycles. The number of likely N-dealkylation sites (N-methyl/N-ethyl adjacent to an activating group) is 1. The zero-order chi connectivity index (χ0) is 13.4. The Labute approximate surface area is 111 Å². The predicted octanol–water partition coefficient (Wildman–Crippen LogP) is 2.82. The van der Waals surface area contributed by atoms with Crippen molar-refractivity contribution in [1.29, 1.82) is 0 Å². The van der Waals surface area contributed by atoms with Crippen molar-refractivity contribution in [3.8, 4) is 11.1 Å². The van der Waals surface area contributed by atoms with Crippen LogP contribution in [0.25, 0.3) is 16.0 Å². The van der Waals surface area contributed by atoms with Crippen LogP contribution in [0.3, 0.4) is 0 Å². The molecule has 0 saturated heterocycles. The van der Waals surface area contributed by atoms with E-state index in [1.54, 1.807) is 30.4 Å². The number of hydrogen-bond acceptors (Lipinski definition) is 2. The van der Waals surface area contributed by atoms with Crippen molar-refractivity contribution in [2.45, 2.75) is 6.42 Å². The fraction of sp³-hybridized carbons (Fsp3) is 0.133. The van der Waals surface area contributed by atoms with Crippen LogP contribution in [0.2, 0.25) is 0 Å². The van der Waals surface area contributed by atoms with Gasteiger partial charge in [-0.15, -0.1) is 0 Å². The average Bonchev–Trinajstić information content (AvgIpc) is 2.73. The lowest BCUT2D eigenvalue weighted by Crippen LogP contribution is -2.20.